The van der Waals surface area contributed by atoms with Gasteiger partial charge in [-0.3, -0.25) is 4.99 Å². The van der Waals surface area contributed by atoms with Crippen LogP contribution < -0.4 is 4.90 Å². The van der Waals surface area contributed by atoms with Crippen LogP contribution in [0.1, 0.15) is 31.4 Å². The number of nitrogens with zero attached hydrogens (tertiary/aromatic N) is 3. The Balaban J connectivity index is 1.88. The molecule has 1 aliphatic rings. The first kappa shape index (κ1) is 15.3. The molecule has 0 spiro atoms. The van der Waals surface area contributed by atoms with Gasteiger partial charge in [-0.2, -0.15) is 5.26 Å². The van der Waals surface area contributed by atoms with Crippen molar-refractivity contribution in [2.45, 2.75) is 26.8 Å². The smallest absolute Gasteiger partial charge is 0.0991 e. The summed E-state index contributed by atoms with van der Waals surface area (Å²) in [6, 6.07) is 18.4. The predicted octanol–water partition coefficient (Wildman–Crippen LogP) is 4.70. The van der Waals surface area contributed by atoms with Gasteiger partial charge in [0.05, 0.1) is 23.0 Å². The summed E-state index contributed by atoms with van der Waals surface area (Å²) in [7, 11) is 0. The molecule has 0 aromatic heterocycles. The summed E-state index contributed by atoms with van der Waals surface area (Å²) >= 11 is 0. The van der Waals surface area contributed by atoms with E-state index in [0.29, 0.717) is 11.5 Å². The quantitative estimate of drug-likeness (QED) is 0.824. The number of fused-ring (bicyclic) bond motifs is 1. The largest absolute Gasteiger partial charge is 0.365 e. The normalized spacial score (nSPS) is 14.0. The average molecular weight is 303 g/mol. The van der Waals surface area contributed by atoms with Crippen LogP contribution >= 0.6 is 0 Å². The first-order chi connectivity index (χ1) is 11.2. The number of anilines is 1. The second kappa shape index (κ2) is 6.66. The number of para-hydroxylation sites is 2. The lowest BCUT2D eigenvalue weighted by atomic mass is 10.1. The Morgan fingerprint density at radius 3 is 2.57 bits per heavy atom. The van der Waals surface area contributed by atoms with Gasteiger partial charge in [-0.1, -0.05) is 38.1 Å². The average Bonchev–Trinajstić information content (AvgIpc) is 2.76. The molecule has 0 radical (unpaired) electrons. The van der Waals surface area contributed by atoms with Crippen molar-refractivity contribution in [3.63, 3.8) is 0 Å². The Labute approximate surface area is 137 Å². The third-order valence-corrected chi connectivity index (χ3v) is 4.25. The molecule has 23 heavy (non-hydrogen) atoms. The van der Waals surface area contributed by atoms with Crippen LogP contribution in [0.2, 0.25) is 0 Å². The maximum Gasteiger partial charge on any atom is 0.0991 e. The summed E-state index contributed by atoms with van der Waals surface area (Å²) in [5.74, 6) is 0.470. The Hall–Kier alpha value is -2.60. The van der Waals surface area contributed by atoms with Crippen molar-refractivity contribution in [3.05, 3.63) is 59.7 Å². The molecule has 0 bridgehead atoms. The third-order valence-electron chi connectivity index (χ3n) is 4.25. The molecule has 116 valence electrons. The van der Waals surface area contributed by atoms with Crippen LogP contribution in [-0.2, 0) is 6.54 Å². The molecule has 0 aliphatic carbocycles. The van der Waals surface area contributed by atoms with Crippen molar-refractivity contribution in [1.82, 2.24) is 0 Å². The number of hydrogen-bond acceptors (Lipinski definition) is 3. The van der Waals surface area contributed by atoms with E-state index in [-0.39, 0.29) is 0 Å². The predicted molar refractivity (Wildman–Crippen MR) is 95.2 cm³/mol. The lowest BCUT2D eigenvalue weighted by molar-refractivity contribution is 0.784. The van der Waals surface area contributed by atoms with Crippen LogP contribution in [0.25, 0.3) is 0 Å². The molecule has 3 rings (SSSR count). The second-order valence-corrected chi connectivity index (χ2v) is 6.23. The first-order valence-electron chi connectivity index (χ1n) is 8.08. The van der Waals surface area contributed by atoms with Gasteiger partial charge in [0.25, 0.3) is 0 Å². The van der Waals surface area contributed by atoms with E-state index in [1.807, 2.05) is 30.3 Å². The van der Waals surface area contributed by atoms with Gasteiger partial charge in [0.2, 0.25) is 0 Å². The number of nitriles is 1. The first-order valence-corrected chi connectivity index (χ1v) is 8.08. The van der Waals surface area contributed by atoms with Crippen molar-refractivity contribution in [1.29, 1.82) is 5.26 Å². The highest BCUT2D eigenvalue weighted by Crippen LogP contribution is 2.33. The van der Waals surface area contributed by atoms with Gasteiger partial charge in [0.15, 0.2) is 0 Å². The summed E-state index contributed by atoms with van der Waals surface area (Å²) < 4.78 is 0. The van der Waals surface area contributed by atoms with Gasteiger partial charge in [-0.05, 0) is 35.7 Å². The van der Waals surface area contributed by atoms with Crippen LogP contribution in [0.15, 0.2) is 53.5 Å². The standard InChI is InChI=1S/C20H21N3/c1-15(2)18-11-12-23(20-6-4-3-5-19(20)22-18)14-17-9-7-16(13-21)8-10-17/h3-10,15H,11-12,14H2,1-2H3. The molecule has 2 aromatic rings. The molecule has 0 unspecified atom stereocenters. The lowest BCUT2D eigenvalue weighted by Gasteiger charge is -2.24. The fraction of sp³-hybridized carbons (Fsp3) is 0.300. The van der Waals surface area contributed by atoms with Crippen LogP contribution in [0.3, 0.4) is 0 Å². The van der Waals surface area contributed by atoms with E-state index in [2.05, 4.69) is 43.0 Å². The molecule has 0 fully saturated rings. The zero-order valence-corrected chi connectivity index (χ0v) is 13.7. The van der Waals surface area contributed by atoms with Gasteiger partial charge in [0, 0.05) is 25.2 Å². The van der Waals surface area contributed by atoms with Gasteiger partial charge < -0.3 is 4.90 Å². The van der Waals surface area contributed by atoms with Crippen molar-refractivity contribution >= 4 is 17.1 Å². The van der Waals surface area contributed by atoms with Crippen molar-refractivity contribution < 1.29 is 0 Å². The van der Waals surface area contributed by atoms with Crippen LogP contribution in [0.4, 0.5) is 11.4 Å². The van der Waals surface area contributed by atoms with Crippen LogP contribution in [-0.4, -0.2) is 12.3 Å². The molecule has 0 atom stereocenters. The molecular formula is C20H21N3. The summed E-state index contributed by atoms with van der Waals surface area (Å²) in [5, 5.41) is 8.92. The Kier molecular flexibility index (Phi) is 4.43. The van der Waals surface area contributed by atoms with Gasteiger partial charge in [-0.15, -0.1) is 0 Å². The maximum absolute atomic E-state index is 8.92. The van der Waals surface area contributed by atoms with E-state index < -0.39 is 0 Å². The van der Waals surface area contributed by atoms with E-state index in [0.717, 1.165) is 25.2 Å². The summed E-state index contributed by atoms with van der Waals surface area (Å²) in [6.45, 7) is 6.22. The van der Waals surface area contributed by atoms with Gasteiger partial charge in [0.1, 0.15) is 0 Å². The minimum Gasteiger partial charge on any atom is -0.365 e. The van der Waals surface area contributed by atoms with Crippen molar-refractivity contribution in [2.24, 2.45) is 10.9 Å². The van der Waals surface area contributed by atoms with Crippen molar-refractivity contribution in [2.75, 3.05) is 11.4 Å². The zero-order valence-electron chi connectivity index (χ0n) is 13.7. The van der Waals surface area contributed by atoms with Crippen LogP contribution in [0, 0.1) is 17.2 Å². The van der Waals surface area contributed by atoms with Gasteiger partial charge in [-0.25, -0.2) is 0 Å². The molecule has 0 saturated carbocycles. The Morgan fingerprint density at radius 1 is 1.13 bits per heavy atom. The molecule has 0 N–H and O–H groups in total. The number of rotatable bonds is 3. The molecule has 1 heterocycles. The number of hydrogen-bond donors (Lipinski definition) is 0. The highest BCUT2D eigenvalue weighted by atomic mass is 15.1. The minimum atomic E-state index is 0.470. The molecule has 2 aromatic carbocycles. The number of aliphatic imine (C=N–C) groups is 1. The van der Waals surface area contributed by atoms with E-state index >= 15 is 0 Å². The van der Waals surface area contributed by atoms with Gasteiger partial charge >= 0.3 is 0 Å². The molecule has 3 heteroatoms. The maximum atomic E-state index is 8.92. The molecular weight excluding hydrogens is 282 g/mol. The molecule has 0 saturated heterocycles. The highest BCUT2D eigenvalue weighted by molar-refractivity contribution is 5.92. The van der Waals surface area contributed by atoms with E-state index in [1.54, 1.807) is 0 Å². The van der Waals surface area contributed by atoms with E-state index in [9.17, 15) is 0 Å². The second-order valence-electron chi connectivity index (χ2n) is 6.23. The van der Waals surface area contributed by atoms with Crippen molar-refractivity contribution in [3.8, 4) is 6.07 Å². The topological polar surface area (TPSA) is 39.4 Å². The fourth-order valence-corrected chi connectivity index (χ4v) is 2.89. The summed E-state index contributed by atoms with van der Waals surface area (Å²) in [6.07, 6.45) is 0.989. The van der Waals surface area contributed by atoms with Crippen LogP contribution in [0.5, 0.6) is 0 Å². The molecule has 3 nitrogen and oxygen atoms in total. The lowest BCUT2D eigenvalue weighted by Crippen LogP contribution is -2.25. The minimum absolute atomic E-state index is 0.470. The zero-order chi connectivity index (χ0) is 16.2. The fourth-order valence-electron chi connectivity index (χ4n) is 2.89. The molecule has 1 aliphatic heterocycles. The summed E-state index contributed by atoms with van der Waals surface area (Å²) in [4.78, 5) is 7.27. The summed E-state index contributed by atoms with van der Waals surface area (Å²) in [5.41, 5.74) is 5.43. The SMILES string of the molecule is CC(C)C1=Nc2ccccc2N(Cc2ccc(C#N)cc2)CC1. The third kappa shape index (κ3) is 3.43. The monoisotopic (exact) mass is 303 g/mol. The Morgan fingerprint density at radius 2 is 1.87 bits per heavy atom. The van der Waals surface area contributed by atoms with E-state index in [4.69, 9.17) is 10.3 Å². The highest BCUT2D eigenvalue weighted by Gasteiger charge is 2.18. The Bertz CT molecular complexity index is 751. The number of benzene rings is 2. The van der Waals surface area contributed by atoms with E-state index in [1.165, 1.54) is 17.0 Å². The molecule has 0 amide bonds.